The number of aromatic nitrogens is 1. The molecule has 6 heteroatoms. The molecule has 0 aliphatic carbocycles. The summed E-state index contributed by atoms with van der Waals surface area (Å²) in [7, 11) is 0. The van der Waals surface area contributed by atoms with Gasteiger partial charge in [0.05, 0.1) is 11.2 Å². The Morgan fingerprint density at radius 3 is 3.00 bits per heavy atom. The predicted octanol–water partition coefficient (Wildman–Crippen LogP) is -0.371. The normalized spacial score (nSPS) is 22.2. The van der Waals surface area contributed by atoms with Crippen LogP contribution in [0.2, 0.25) is 0 Å². The minimum atomic E-state index is -0.545. The highest BCUT2D eigenvalue weighted by atomic mass is 32.1. The van der Waals surface area contributed by atoms with E-state index in [2.05, 4.69) is 15.3 Å². The van der Waals surface area contributed by atoms with E-state index in [1.807, 2.05) is 0 Å². The molecular formula is C6H6N4OS. The van der Waals surface area contributed by atoms with Crippen LogP contribution in [0.1, 0.15) is 11.7 Å². The lowest BCUT2D eigenvalue weighted by atomic mass is 10.2. The number of nitrogens with one attached hydrogen (secondary N) is 1. The summed E-state index contributed by atoms with van der Waals surface area (Å²) in [5.74, 6) is -0.0450. The minimum absolute atomic E-state index is 0.165. The van der Waals surface area contributed by atoms with Gasteiger partial charge < -0.3 is 5.73 Å². The Morgan fingerprint density at radius 1 is 1.67 bits per heavy atom. The van der Waals surface area contributed by atoms with Gasteiger partial charge >= 0.3 is 0 Å². The maximum absolute atomic E-state index is 11.1. The molecule has 2 rings (SSSR count). The lowest BCUT2D eigenvalue weighted by molar-refractivity contribution is -0.120. The van der Waals surface area contributed by atoms with Crippen LogP contribution in [-0.2, 0) is 4.79 Å². The monoisotopic (exact) mass is 182 g/mol. The molecule has 1 unspecified atom stereocenters. The molecule has 0 aromatic carbocycles. The average Bonchev–Trinajstić information content (AvgIpc) is 2.58. The van der Waals surface area contributed by atoms with Crippen molar-refractivity contribution in [1.29, 1.82) is 0 Å². The molecule has 1 aliphatic rings. The van der Waals surface area contributed by atoms with Crippen LogP contribution in [-0.4, -0.2) is 16.9 Å². The summed E-state index contributed by atoms with van der Waals surface area (Å²) >= 11 is 1.43. The summed E-state index contributed by atoms with van der Waals surface area (Å²) in [6.45, 7) is 0. The van der Waals surface area contributed by atoms with Crippen molar-refractivity contribution in [3.05, 3.63) is 16.6 Å². The van der Waals surface area contributed by atoms with Crippen molar-refractivity contribution < 1.29 is 4.79 Å². The van der Waals surface area contributed by atoms with E-state index in [0.29, 0.717) is 5.69 Å². The van der Waals surface area contributed by atoms with Crippen LogP contribution in [0.25, 0.3) is 0 Å². The number of nitrogens with two attached hydrogens (primary N) is 1. The zero-order valence-corrected chi connectivity index (χ0v) is 6.84. The predicted molar refractivity (Wildman–Crippen MR) is 44.6 cm³/mol. The summed E-state index contributed by atoms with van der Waals surface area (Å²) in [4.78, 5) is 19.0. The van der Waals surface area contributed by atoms with Gasteiger partial charge in [-0.2, -0.15) is 0 Å². The number of amides is 1. The Hall–Kier alpha value is -1.43. The van der Waals surface area contributed by atoms with E-state index in [1.165, 1.54) is 11.3 Å². The van der Waals surface area contributed by atoms with Crippen LogP contribution in [0.4, 0.5) is 0 Å². The van der Waals surface area contributed by atoms with Gasteiger partial charge in [0, 0.05) is 5.38 Å². The van der Waals surface area contributed by atoms with E-state index in [4.69, 9.17) is 5.73 Å². The van der Waals surface area contributed by atoms with E-state index >= 15 is 0 Å². The highest BCUT2D eigenvalue weighted by Gasteiger charge is 2.27. The van der Waals surface area contributed by atoms with Gasteiger partial charge in [-0.3, -0.25) is 10.1 Å². The lowest BCUT2D eigenvalue weighted by Gasteiger charge is -1.97. The van der Waals surface area contributed by atoms with Crippen LogP contribution >= 0.6 is 11.3 Å². The van der Waals surface area contributed by atoms with Crippen LogP contribution in [0.15, 0.2) is 15.9 Å². The molecule has 0 spiro atoms. The van der Waals surface area contributed by atoms with Crippen molar-refractivity contribution in [2.75, 3.05) is 0 Å². The smallest absolute Gasteiger partial charge is 0.257 e. The number of rotatable bonds is 1. The molecule has 12 heavy (non-hydrogen) atoms. The maximum Gasteiger partial charge on any atom is 0.257 e. The molecule has 0 saturated carbocycles. The Morgan fingerprint density at radius 2 is 2.50 bits per heavy atom. The largest absolute Gasteiger partial charge is 0.370 e. The molecule has 2 heterocycles. The van der Waals surface area contributed by atoms with Gasteiger partial charge in [-0.05, 0) is 0 Å². The number of nitrogens with zero attached hydrogens (tertiary/aromatic N) is 2. The SMILES string of the molecule is NC1=NC(c2cscn2)C(=O)N1. The molecule has 1 amide bonds. The van der Waals surface area contributed by atoms with Crippen molar-refractivity contribution in [2.45, 2.75) is 6.04 Å². The molecule has 3 N–H and O–H groups in total. The first-order valence-electron chi connectivity index (χ1n) is 3.29. The molecule has 62 valence electrons. The number of aliphatic imine (C=N–C) groups is 1. The first-order valence-corrected chi connectivity index (χ1v) is 4.24. The molecule has 0 radical (unpaired) electrons. The third-order valence-corrected chi connectivity index (χ3v) is 2.10. The number of thiazole rings is 1. The van der Waals surface area contributed by atoms with Crippen LogP contribution < -0.4 is 11.1 Å². The second kappa shape index (κ2) is 2.56. The quantitative estimate of drug-likeness (QED) is 0.621. The summed E-state index contributed by atoms with van der Waals surface area (Å²) in [5, 5.41) is 4.19. The van der Waals surface area contributed by atoms with Crippen molar-refractivity contribution in [2.24, 2.45) is 10.7 Å². The van der Waals surface area contributed by atoms with Crippen molar-refractivity contribution in [1.82, 2.24) is 10.3 Å². The van der Waals surface area contributed by atoms with E-state index in [-0.39, 0.29) is 11.9 Å². The fraction of sp³-hybridized carbons (Fsp3) is 0.167. The topological polar surface area (TPSA) is 80.4 Å². The highest BCUT2D eigenvalue weighted by Crippen LogP contribution is 2.19. The van der Waals surface area contributed by atoms with Gasteiger partial charge in [0.1, 0.15) is 0 Å². The minimum Gasteiger partial charge on any atom is -0.370 e. The second-order valence-corrected chi connectivity index (χ2v) is 3.04. The fourth-order valence-electron chi connectivity index (χ4n) is 0.982. The molecule has 0 bridgehead atoms. The second-order valence-electron chi connectivity index (χ2n) is 2.32. The van der Waals surface area contributed by atoms with Crippen LogP contribution in [0.3, 0.4) is 0 Å². The summed E-state index contributed by atoms with van der Waals surface area (Å²) in [6, 6.07) is -0.545. The average molecular weight is 182 g/mol. The number of guanidine groups is 1. The third-order valence-electron chi connectivity index (χ3n) is 1.50. The molecule has 1 aromatic heterocycles. The van der Waals surface area contributed by atoms with E-state index in [1.54, 1.807) is 10.9 Å². The van der Waals surface area contributed by atoms with Gasteiger partial charge in [0.25, 0.3) is 5.91 Å². The molecule has 0 saturated heterocycles. The molecule has 0 fully saturated rings. The Kier molecular flexibility index (Phi) is 1.54. The number of carbonyl (C=O) groups excluding carboxylic acids is 1. The standard InChI is InChI=1S/C6H6N4OS/c7-6-9-4(5(11)10-6)3-1-12-2-8-3/h1-2,4H,(H3,7,9,10,11). The van der Waals surface area contributed by atoms with Gasteiger partial charge in [-0.25, -0.2) is 9.98 Å². The Bertz CT molecular complexity index is 331. The fourth-order valence-corrected chi connectivity index (χ4v) is 1.55. The Labute approximate surface area is 72.3 Å². The van der Waals surface area contributed by atoms with E-state index in [0.717, 1.165) is 0 Å². The van der Waals surface area contributed by atoms with Gasteiger partial charge in [0.2, 0.25) is 0 Å². The molecule has 1 aromatic rings. The molecular weight excluding hydrogens is 176 g/mol. The molecule has 1 aliphatic heterocycles. The van der Waals surface area contributed by atoms with Crippen LogP contribution in [0.5, 0.6) is 0 Å². The summed E-state index contributed by atoms with van der Waals surface area (Å²) in [6.07, 6.45) is 0. The van der Waals surface area contributed by atoms with Crippen LogP contribution in [0, 0.1) is 0 Å². The Balaban J connectivity index is 2.31. The lowest BCUT2D eigenvalue weighted by Crippen LogP contribution is -2.31. The zero-order chi connectivity index (χ0) is 8.55. The third kappa shape index (κ3) is 1.06. The first-order chi connectivity index (χ1) is 5.77. The highest BCUT2D eigenvalue weighted by molar-refractivity contribution is 7.07. The van der Waals surface area contributed by atoms with Gasteiger partial charge in [0.15, 0.2) is 12.0 Å². The number of hydrogen-bond acceptors (Lipinski definition) is 5. The zero-order valence-electron chi connectivity index (χ0n) is 6.02. The van der Waals surface area contributed by atoms with E-state index in [9.17, 15) is 4.79 Å². The van der Waals surface area contributed by atoms with Gasteiger partial charge in [-0.1, -0.05) is 0 Å². The number of hydrogen-bond donors (Lipinski definition) is 2. The maximum atomic E-state index is 11.1. The number of carbonyl (C=O) groups is 1. The first kappa shape index (κ1) is 7.23. The van der Waals surface area contributed by atoms with Crippen molar-refractivity contribution >= 4 is 23.2 Å². The molecule has 1 atom stereocenters. The van der Waals surface area contributed by atoms with Crippen molar-refractivity contribution in [3.8, 4) is 0 Å². The summed E-state index contributed by atoms with van der Waals surface area (Å²) < 4.78 is 0. The van der Waals surface area contributed by atoms with Gasteiger partial charge in [-0.15, -0.1) is 11.3 Å². The summed E-state index contributed by atoms with van der Waals surface area (Å²) in [5.41, 5.74) is 7.63. The van der Waals surface area contributed by atoms with Crippen molar-refractivity contribution in [3.63, 3.8) is 0 Å². The molecule has 5 nitrogen and oxygen atoms in total. The van der Waals surface area contributed by atoms with E-state index < -0.39 is 6.04 Å².